The molecule has 0 saturated carbocycles. The van der Waals surface area contributed by atoms with Gasteiger partial charge in [0.25, 0.3) is 0 Å². The number of carboxylic acid groups (broad SMARTS) is 1. The lowest BCUT2D eigenvalue weighted by Crippen LogP contribution is -2.11. The first-order chi connectivity index (χ1) is 11.6. The molecule has 5 heteroatoms. The van der Waals surface area contributed by atoms with Gasteiger partial charge in [-0.05, 0) is 36.6 Å². The van der Waals surface area contributed by atoms with Crippen molar-refractivity contribution in [1.29, 1.82) is 0 Å². The van der Waals surface area contributed by atoms with E-state index >= 15 is 0 Å². The first-order valence-electron chi connectivity index (χ1n) is 7.67. The van der Waals surface area contributed by atoms with E-state index in [1.165, 1.54) is 11.8 Å². The normalized spacial score (nSPS) is 10.8. The van der Waals surface area contributed by atoms with E-state index in [0.717, 1.165) is 22.9 Å². The molecule has 0 atom stereocenters. The fourth-order valence-electron chi connectivity index (χ4n) is 2.71. The van der Waals surface area contributed by atoms with Crippen molar-refractivity contribution < 1.29 is 9.90 Å². The summed E-state index contributed by atoms with van der Waals surface area (Å²) in [4.78, 5) is 15.8. The second kappa shape index (κ2) is 6.89. The summed E-state index contributed by atoms with van der Waals surface area (Å²) in [7, 11) is 0. The molecule has 24 heavy (non-hydrogen) atoms. The number of anilines is 1. The maximum absolute atomic E-state index is 11.5. The van der Waals surface area contributed by atoms with Crippen LogP contribution in [0.15, 0.2) is 48.7 Å². The largest absolute Gasteiger partial charge is 0.478 e. The zero-order chi connectivity index (χ0) is 17.1. The second-order valence-electron chi connectivity index (χ2n) is 5.58. The molecule has 0 aliphatic rings. The molecule has 0 fully saturated rings. The van der Waals surface area contributed by atoms with Gasteiger partial charge in [-0.25, -0.2) is 4.79 Å². The van der Waals surface area contributed by atoms with Crippen molar-refractivity contribution >= 4 is 34.2 Å². The third-order valence-electron chi connectivity index (χ3n) is 4.02. The van der Waals surface area contributed by atoms with Crippen LogP contribution in [-0.4, -0.2) is 22.6 Å². The Morgan fingerprint density at radius 3 is 2.67 bits per heavy atom. The molecule has 0 radical (unpaired) electrons. The van der Waals surface area contributed by atoms with Gasteiger partial charge in [0, 0.05) is 23.2 Å². The van der Waals surface area contributed by atoms with Gasteiger partial charge in [-0.15, -0.1) is 0 Å². The summed E-state index contributed by atoms with van der Waals surface area (Å²) in [5.74, 6) is -1.00. The van der Waals surface area contributed by atoms with Crippen LogP contribution >= 0.6 is 11.6 Å². The number of aromatic nitrogens is 1. The summed E-state index contributed by atoms with van der Waals surface area (Å²) in [5, 5.41) is 14.1. The predicted molar refractivity (Wildman–Crippen MR) is 97.1 cm³/mol. The standard InChI is InChI=1S/C19H17ClN2O2/c1-12-16(20)8-7-14-17(12)22-11-15(19(23)24)18(14)21-10-9-13-5-3-2-4-6-13/h2-8,11H,9-10H2,1H3,(H,21,22)(H,23,24). The lowest BCUT2D eigenvalue weighted by Gasteiger charge is -2.14. The number of hydrogen-bond donors (Lipinski definition) is 2. The van der Waals surface area contributed by atoms with Gasteiger partial charge in [-0.3, -0.25) is 4.98 Å². The molecule has 122 valence electrons. The molecule has 0 bridgehead atoms. The summed E-state index contributed by atoms with van der Waals surface area (Å²) in [5.41, 5.74) is 3.51. The van der Waals surface area contributed by atoms with E-state index in [9.17, 15) is 9.90 Å². The number of nitrogens with one attached hydrogen (secondary N) is 1. The van der Waals surface area contributed by atoms with Gasteiger partial charge in [0.1, 0.15) is 5.56 Å². The van der Waals surface area contributed by atoms with E-state index < -0.39 is 5.97 Å². The van der Waals surface area contributed by atoms with Crippen LogP contribution in [-0.2, 0) is 6.42 Å². The van der Waals surface area contributed by atoms with Crippen molar-refractivity contribution in [2.75, 3.05) is 11.9 Å². The van der Waals surface area contributed by atoms with E-state index in [2.05, 4.69) is 10.3 Å². The van der Waals surface area contributed by atoms with Crippen LogP contribution < -0.4 is 5.32 Å². The predicted octanol–water partition coefficient (Wildman–Crippen LogP) is 4.55. The van der Waals surface area contributed by atoms with Gasteiger partial charge in [0.15, 0.2) is 0 Å². The highest BCUT2D eigenvalue weighted by molar-refractivity contribution is 6.32. The maximum Gasteiger partial charge on any atom is 0.339 e. The molecule has 2 aromatic carbocycles. The molecule has 0 aliphatic carbocycles. The Balaban J connectivity index is 1.96. The lowest BCUT2D eigenvalue weighted by molar-refractivity contribution is 0.0697. The third-order valence-corrected chi connectivity index (χ3v) is 4.42. The van der Waals surface area contributed by atoms with Crippen molar-refractivity contribution in [1.82, 2.24) is 4.98 Å². The first kappa shape index (κ1) is 16.3. The van der Waals surface area contributed by atoms with Crippen molar-refractivity contribution in [3.05, 3.63) is 70.4 Å². The highest BCUT2D eigenvalue weighted by Crippen LogP contribution is 2.31. The molecule has 0 amide bonds. The zero-order valence-electron chi connectivity index (χ0n) is 13.2. The van der Waals surface area contributed by atoms with Crippen LogP contribution in [0.1, 0.15) is 21.5 Å². The number of aromatic carboxylic acids is 1. The molecule has 0 saturated heterocycles. The Bertz CT molecular complexity index is 895. The Hall–Kier alpha value is -2.59. The SMILES string of the molecule is Cc1c(Cl)ccc2c(NCCc3ccccc3)c(C(=O)O)cnc12. The van der Waals surface area contributed by atoms with Gasteiger partial charge in [-0.1, -0.05) is 41.9 Å². The number of hydrogen-bond acceptors (Lipinski definition) is 3. The van der Waals surface area contributed by atoms with Gasteiger partial charge in [0.2, 0.25) is 0 Å². The van der Waals surface area contributed by atoms with E-state index in [1.807, 2.05) is 43.3 Å². The smallest absolute Gasteiger partial charge is 0.339 e. The van der Waals surface area contributed by atoms with Crippen molar-refractivity contribution in [2.45, 2.75) is 13.3 Å². The van der Waals surface area contributed by atoms with Crippen LogP contribution in [0.5, 0.6) is 0 Å². The highest BCUT2D eigenvalue weighted by Gasteiger charge is 2.16. The summed E-state index contributed by atoms with van der Waals surface area (Å²) in [6.45, 7) is 2.51. The number of benzene rings is 2. The quantitative estimate of drug-likeness (QED) is 0.715. The number of carboxylic acids is 1. The average molecular weight is 341 g/mol. The summed E-state index contributed by atoms with van der Waals surface area (Å²) >= 11 is 6.15. The summed E-state index contributed by atoms with van der Waals surface area (Å²) < 4.78 is 0. The van der Waals surface area contributed by atoms with Gasteiger partial charge in [-0.2, -0.15) is 0 Å². The lowest BCUT2D eigenvalue weighted by atomic mass is 10.1. The fraction of sp³-hybridized carbons (Fsp3) is 0.158. The molecule has 1 heterocycles. The molecule has 2 N–H and O–H groups in total. The van der Waals surface area contributed by atoms with E-state index in [1.54, 1.807) is 6.07 Å². The van der Waals surface area contributed by atoms with Gasteiger partial charge in [0.05, 0.1) is 11.2 Å². The van der Waals surface area contributed by atoms with Crippen molar-refractivity contribution in [3.8, 4) is 0 Å². The molecule has 0 unspecified atom stereocenters. The van der Waals surface area contributed by atoms with Crippen LogP contribution in [0.3, 0.4) is 0 Å². The zero-order valence-corrected chi connectivity index (χ0v) is 14.0. The molecular weight excluding hydrogens is 324 g/mol. The van der Waals surface area contributed by atoms with E-state index in [4.69, 9.17) is 11.6 Å². The fourth-order valence-corrected chi connectivity index (χ4v) is 2.86. The summed E-state index contributed by atoms with van der Waals surface area (Å²) in [6.07, 6.45) is 2.19. The minimum atomic E-state index is -1.00. The number of nitrogens with zero attached hydrogens (tertiary/aromatic N) is 1. The minimum Gasteiger partial charge on any atom is -0.478 e. The second-order valence-corrected chi connectivity index (χ2v) is 5.99. The number of halogens is 1. The molecule has 0 aliphatic heterocycles. The minimum absolute atomic E-state index is 0.164. The van der Waals surface area contributed by atoms with Crippen LogP contribution in [0.2, 0.25) is 5.02 Å². The Morgan fingerprint density at radius 2 is 1.96 bits per heavy atom. The Kier molecular flexibility index (Phi) is 4.67. The number of aryl methyl sites for hydroxylation is 1. The summed E-state index contributed by atoms with van der Waals surface area (Å²) in [6, 6.07) is 13.6. The number of carbonyl (C=O) groups is 1. The van der Waals surface area contributed by atoms with Crippen molar-refractivity contribution in [2.24, 2.45) is 0 Å². The molecule has 3 rings (SSSR count). The first-order valence-corrected chi connectivity index (χ1v) is 8.04. The molecule has 0 spiro atoms. The van der Waals surface area contributed by atoms with Crippen molar-refractivity contribution in [3.63, 3.8) is 0 Å². The number of pyridine rings is 1. The Morgan fingerprint density at radius 1 is 1.21 bits per heavy atom. The van der Waals surface area contributed by atoms with E-state index in [-0.39, 0.29) is 5.56 Å². The topological polar surface area (TPSA) is 62.2 Å². The van der Waals surface area contributed by atoms with Gasteiger partial charge >= 0.3 is 5.97 Å². The monoisotopic (exact) mass is 340 g/mol. The molecule has 4 nitrogen and oxygen atoms in total. The highest BCUT2D eigenvalue weighted by atomic mass is 35.5. The van der Waals surface area contributed by atoms with Crippen LogP contribution in [0.25, 0.3) is 10.9 Å². The third kappa shape index (κ3) is 3.19. The average Bonchev–Trinajstić information content (AvgIpc) is 2.59. The number of rotatable bonds is 5. The van der Waals surface area contributed by atoms with Gasteiger partial charge < -0.3 is 10.4 Å². The van der Waals surface area contributed by atoms with E-state index in [0.29, 0.717) is 17.3 Å². The Labute approximate surface area is 145 Å². The molecule has 3 aromatic rings. The number of fused-ring (bicyclic) bond motifs is 1. The molecule has 1 aromatic heterocycles. The maximum atomic E-state index is 11.5. The van der Waals surface area contributed by atoms with Crippen LogP contribution in [0.4, 0.5) is 5.69 Å². The molecular formula is C19H17ClN2O2. The van der Waals surface area contributed by atoms with Crippen LogP contribution in [0, 0.1) is 6.92 Å².